The van der Waals surface area contributed by atoms with Crippen LogP contribution in [-0.2, 0) is 4.79 Å². The van der Waals surface area contributed by atoms with Crippen molar-refractivity contribution in [2.45, 2.75) is 83.5 Å². The number of nitrogens with zero attached hydrogens (tertiary/aromatic N) is 1. The Hall–Kier alpha value is -1.14. The highest BCUT2D eigenvalue weighted by atomic mass is 16.3. The fourth-order valence-corrected chi connectivity index (χ4v) is 4.25. The first kappa shape index (κ1) is 18.2. The third kappa shape index (κ3) is 2.76. The molecule has 5 unspecified atom stereocenters. The van der Waals surface area contributed by atoms with E-state index in [9.17, 15) is 14.7 Å². The van der Waals surface area contributed by atoms with Gasteiger partial charge in [0.25, 0.3) is 5.91 Å². The smallest absolute Gasteiger partial charge is 0.325 e. The average molecular weight is 325 g/mol. The van der Waals surface area contributed by atoms with Crippen LogP contribution in [0.25, 0.3) is 0 Å². The van der Waals surface area contributed by atoms with Crippen molar-refractivity contribution in [1.29, 1.82) is 0 Å². The van der Waals surface area contributed by atoms with Crippen LogP contribution in [0.15, 0.2) is 0 Å². The summed E-state index contributed by atoms with van der Waals surface area (Å²) in [4.78, 5) is 26.7. The third-order valence-electron chi connectivity index (χ3n) is 6.11. The van der Waals surface area contributed by atoms with Gasteiger partial charge in [-0.3, -0.25) is 9.69 Å². The van der Waals surface area contributed by atoms with Gasteiger partial charge in [0.15, 0.2) is 0 Å². The molecule has 2 rings (SSSR count). The number of carbonyl (C=O) groups excluding carboxylic acids is 2. The number of carbonyl (C=O) groups is 2. The third-order valence-corrected chi connectivity index (χ3v) is 6.11. The molecule has 0 aromatic rings. The standard InChI is InChI=1S/C17H31N3O3/c1-7-15(5)10-17(12(4)16(6,8-2)19-15)13(22)20(9-11(3)21)14(23)18-17/h11-12,19,21H,7-10H2,1-6H3,(H,18,23). The van der Waals surface area contributed by atoms with Crippen LogP contribution in [-0.4, -0.2) is 51.2 Å². The zero-order valence-electron chi connectivity index (χ0n) is 15.2. The predicted octanol–water partition coefficient (Wildman–Crippen LogP) is 1.62. The van der Waals surface area contributed by atoms with Crippen molar-refractivity contribution in [1.82, 2.24) is 15.5 Å². The summed E-state index contributed by atoms with van der Waals surface area (Å²) in [5.41, 5.74) is -1.36. The van der Waals surface area contributed by atoms with Crippen LogP contribution in [0.2, 0.25) is 0 Å². The second kappa shape index (κ2) is 5.74. The van der Waals surface area contributed by atoms with Crippen molar-refractivity contribution in [2.24, 2.45) is 5.92 Å². The summed E-state index contributed by atoms with van der Waals surface area (Å²) in [5.74, 6) is -0.244. The zero-order valence-corrected chi connectivity index (χ0v) is 15.2. The fourth-order valence-electron chi connectivity index (χ4n) is 4.25. The Balaban J connectivity index is 2.46. The summed E-state index contributed by atoms with van der Waals surface area (Å²) >= 11 is 0. The van der Waals surface area contributed by atoms with Gasteiger partial charge in [-0.2, -0.15) is 0 Å². The van der Waals surface area contributed by atoms with Crippen LogP contribution in [0.5, 0.6) is 0 Å². The number of urea groups is 1. The van der Waals surface area contributed by atoms with Crippen molar-refractivity contribution in [3.8, 4) is 0 Å². The maximum absolute atomic E-state index is 13.1. The van der Waals surface area contributed by atoms with E-state index >= 15 is 0 Å². The molecule has 0 saturated carbocycles. The minimum absolute atomic E-state index is 0.0399. The predicted molar refractivity (Wildman–Crippen MR) is 89.0 cm³/mol. The lowest BCUT2D eigenvalue weighted by atomic mass is 9.61. The zero-order chi connectivity index (χ0) is 17.6. The molecular weight excluding hydrogens is 294 g/mol. The van der Waals surface area contributed by atoms with Crippen LogP contribution in [0, 0.1) is 5.92 Å². The number of rotatable bonds is 4. The molecule has 3 N–H and O–H groups in total. The van der Waals surface area contributed by atoms with Crippen LogP contribution in [0.1, 0.15) is 60.8 Å². The number of hydrogen-bond acceptors (Lipinski definition) is 4. The molecule has 2 fully saturated rings. The molecule has 132 valence electrons. The SMILES string of the molecule is CCC1(C)CC2(NC(=O)N(CC(C)O)C2=O)C(C)C(C)(CC)N1. The molecule has 2 aliphatic rings. The summed E-state index contributed by atoms with van der Waals surface area (Å²) in [7, 11) is 0. The molecule has 0 aliphatic carbocycles. The Bertz CT molecular complexity index is 509. The second-order valence-corrected chi connectivity index (χ2v) is 7.87. The maximum Gasteiger partial charge on any atom is 0.325 e. The highest BCUT2D eigenvalue weighted by Gasteiger charge is 2.63. The number of imide groups is 1. The number of amides is 3. The van der Waals surface area contributed by atoms with Crippen LogP contribution in [0.4, 0.5) is 4.79 Å². The molecular formula is C17H31N3O3. The summed E-state index contributed by atoms with van der Waals surface area (Å²) in [6, 6.07) is -0.387. The van der Waals surface area contributed by atoms with E-state index in [4.69, 9.17) is 0 Å². The lowest BCUT2D eigenvalue weighted by Gasteiger charge is -2.56. The lowest BCUT2D eigenvalue weighted by molar-refractivity contribution is -0.139. The minimum Gasteiger partial charge on any atom is -0.392 e. The molecule has 0 bridgehead atoms. The molecule has 2 aliphatic heterocycles. The quantitative estimate of drug-likeness (QED) is 0.686. The Kier molecular flexibility index (Phi) is 4.54. The first-order valence-electron chi connectivity index (χ1n) is 8.65. The van der Waals surface area contributed by atoms with E-state index in [1.807, 2.05) is 6.92 Å². The van der Waals surface area contributed by atoms with E-state index in [1.54, 1.807) is 6.92 Å². The maximum atomic E-state index is 13.1. The molecule has 2 heterocycles. The molecule has 6 heteroatoms. The van der Waals surface area contributed by atoms with Crippen molar-refractivity contribution in [3.05, 3.63) is 0 Å². The Morgan fingerprint density at radius 2 is 1.91 bits per heavy atom. The number of β-amino-alcohol motifs (C(OH)–C–C–N with tert-alkyl or cyclic N) is 1. The van der Waals surface area contributed by atoms with E-state index in [-0.39, 0.29) is 35.5 Å². The van der Waals surface area contributed by atoms with Gasteiger partial charge >= 0.3 is 6.03 Å². The number of aliphatic hydroxyl groups is 1. The summed E-state index contributed by atoms with van der Waals surface area (Å²) in [5, 5.41) is 16.3. The van der Waals surface area contributed by atoms with E-state index < -0.39 is 11.6 Å². The van der Waals surface area contributed by atoms with Gasteiger partial charge in [0.2, 0.25) is 0 Å². The first-order chi connectivity index (χ1) is 10.5. The Morgan fingerprint density at radius 1 is 1.30 bits per heavy atom. The number of hydrogen-bond donors (Lipinski definition) is 3. The van der Waals surface area contributed by atoms with E-state index in [0.29, 0.717) is 6.42 Å². The highest BCUT2D eigenvalue weighted by Crippen LogP contribution is 2.46. The van der Waals surface area contributed by atoms with Gasteiger partial charge in [-0.1, -0.05) is 20.8 Å². The van der Waals surface area contributed by atoms with Gasteiger partial charge in [0.05, 0.1) is 12.6 Å². The normalized spacial score (nSPS) is 42.2. The van der Waals surface area contributed by atoms with Gasteiger partial charge in [-0.25, -0.2) is 4.79 Å². The molecule has 1 spiro atoms. The Labute approximate surface area is 139 Å². The van der Waals surface area contributed by atoms with Crippen LogP contribution < -0.4 is 10.6 Å². The molecule has 0 aromatic carbocycles. The van der Waals surface area contributed by atoms with Crippen LogP contribution in [0.3, 0.4) is 0 Å². The van der Waals surface area contributed by atoms with E-state index in [0.717, 1.165) is 12.8 Å². The minimum atomic E-state index is -0.896. The van der Waals surface area contributed by atoms with Gasteiger partial charge in [0, 0.05) is 17.0 Å². The van der Waals surface area contributed by atoms with Crippen molar-refractivity contribution in [3.63, 3.8) is 0 Å². The van der Waals surface area contributed by atoms with Crippen molar-refractivity contribution >= 4 is 11.9 Å². The van der Waals surface area contributed by atoms with Gasteiger partial charge in [-0.05, 0) is 40.0 Å². The summed E-state index contributed by atoms with van der Waals surface area (Å²) in [6.07, 6.45) is 1.57. The largest absolute Gasteiger partial charge is 0.392 e. The number of aliphatic hydroxyl groups excluding tert-OH is 1. The summed E-state index contributed by atoms with van der Waals surface area (Å²) < 4.78 is 0. The molecule has 23 heavy (non-hydrogen) atoms. The summed E-state index contributed by atoms with van der Waals surface area (Å²) in [6.45, 7) is 12.1. The highest BCUT2D eigenvalue weighted by molar-refractivity contribution is 6.07. The lowest BCUT2D eigenvalue weighted by Crippen LogP contribution is -2.74. The van der Waals surface area contributed by atoms with Gasteiger partial charge in [-0.15, -0.1) is 0 Å². The molecule has 0 radical (unpaired) electrons. The first-order valence-corrected chi connectivity index (χ1v) is 8.65. The van der Waals surface area contributed by atoms with Crippen LogP contribution >= 0.6 is 0 Å². The molecule has 0 aromatic heterocycles. The van der Waals surface area contributed by atoms with Gasteiger partial charge < -0.3 is 15.7 Å². The van der Waals surface area contributed by atoms with Crippen molar-refractivity contribution in [2.75, 3.05) is 6.54 Å². The topological polar surface area (TPSA) is 81.7 Å². The molecule has 2 saturated heterocycles. The fraction of sp³-hybridized carbons (Fsp3) is 0.882. The Morgan fingerprint density at radius 3 is 2.39 bits per heavy atom. The molecule has 5 atom stereocenters. The number of piperidine rings is 1. The van der Waals surface area contributed by atoms with E-state index in [2.05, 4.69) is 38.3 Å². The molecule has 3 amide bonds. The van der Waals surface area contributed by atoms with E-state index in [1.165, 1.54) is 4.90 Å². The second-order valence-electron chi connectivity index (χ2n) is 7.87. The average Bonchev–Trinajstić information content (AvgIpc) is 2.69. The van der Waals surface area contributed by atoms with Crippen molar-refractivity contribution < 1.29 is 14.7 Å². The molecule has 6 nitrogen and oxygen atoms in total. The monoisotopic (exact) mass is 325 g/mol. The van der Waals surface area contributed by atoms with Gasteiger partial charge in [0.1, 0.15) is 5.54 Å². The number of nitrogens with one attached hydrogen (secondary N) is 2.